The molecule has 0 unspecified atom stereocenters. The molecule has 0 atom stereocenters. The fraction of sp³-hybridized carbons (Fsp3) is 0.0909. The molecule has 0 saturated carbocycles. The fourth-order valence-corrected chi connectivity index (χ4v) is 0.910. The number of para-hydroxylation sites is 1. The Bertz CT molecular complexity index is 554. The number of benzene rings is 1. The highest BCUT2D eigenvalue weighted by molar-refractivity contribution is 6.05. The SMILES string of the molecule is N#CC(=O)C#N.NN=Cc1ccccc1OC(F)(F)F. The summed E-state index contributed by atoms with van der Waals surface area (Å²) in [4.78, 5) is 9.46. The van der Waals surface area contributed by atoms with Crippen LogP contribution < -0.4 is 10.6 Å². The first-order chi connectivity index (χ1) is 9.34. The van der Waals surface area contributed by atoms with Crippen LogP contribution in [0.2, 0.25) is 0 Å². The van der Waals surface area contributed by atoms with Gasteiger partial charge in [-0.3, -0.25) is 4.79 Å². The first-order valence-corrected chi connectivity index (χ1v) is 4.76. The normalized spacial score (nSPS) is 9.85. The van der Waals surface area contributed by atoms with Gasteiger partial charge in [0.2, 0.25) is 0 Å². The number of nitriles is 2. The van der Waals surface area contributed by atoms with E-state index < -0.39 is 12.1 Å². The zero-order chi connectivity index (χ0) is 15.6. The van der Waals surface area contributed by atoms with E-state index in [0.29, 0.717) is 0 Å². The lowest BCUT2D eigenvalue weighted by atomic mass is 10.2. The molecule has 0 heterocycles. The second-order valence-electron chi connectivity index (χ2n) is 2.92. The first kappa shape index (κ1) is 16.9. The third-order valence-corrected chi connectivity index (χ3v) is 1.56. The number of carbonyl (C=O) groups is 1. The van der Waals surface area contributed by atoms with E-state index >= 15 is 0 Å². The number of Topliss-reactive ketones (excluding diaryl/α,β-unsaturated/α-hetero) is 1. The van der Waals surface area contributed by atoms with Crippen molar-refractivity contribution < 1.29 is 22.7 Å². The summed E-state index contributed by atoms with van der Waals surface area (Å²) < 4.78 is 39.3. The third kappa shape index (κ3) is 7.29. The Kier molecular flexibility index (Phi) is 6.86. The Hall–Kier alpha value is -3.07. The van der Waals surface area contributed by atoms with Crippen molar-refractivity contribution in [2.24, 2.45) is 10.9 Å². The molecule has 0 bridgehead atoms. The molecular weight excluding hydrogens is 277 g/mol. The van der Waals surface area contributed by atoms with Crippen molar-refractivity contribution in [2.45, 2.75) is 6.36 Å². The number of hydrogen-bond donors (Lipinski definition) is 1. The highest BCUT2D eigenvalue weighted by atomic mass is 19.4. The van der Waals surface area contributed by atoms with Crippen LogP contribution in [0.3, 0.4) is 0 Å². The minimum atomic E-state index is -4.71. The van der Waals surface area contributed by atoms with Gasteiger partial charge in [0.15, 0.2) is 12.1 Å². The molecule has 1 aromatic carbocycles. The lowest BCUT2D eigenvalue weighted by Gasteiger charge is -2.10. The molecule has 1 aromatic rings. The van der Waals surface area contributed by atoms with Gasteiger partial charge < -0.3 is 10.6 Å². The van der Waals surface area contributed by atoms with Crippen LogP contribution in [0.1, 0.15) is 5.56 Å². The van der Waals surface area contributed by atoms with Crippen LogP contribution in [0.4, 0.5) is 13.2 Å². The highest BCUT2D eigenvalue weighted by Gasteiger charge is 2.31. The van der Waals surface area contributed by atoms with Crippen LogP contribution in [0, 0.1) is 22.7 Å². The maximum atomic E-state index is 11.9. The Labute approximate surface area is 111 Å². The molecule has 0 aliphatic rings. The van der Waals surface area contributed by atoms with Crippen molar-refractivity contribution in [2.75, 3.05) is 0 Å². The maximum Gasteiger partial charge on any atom is 0.573 e. The largest absolute Gasteiger partial charge is 0.573 e. The molecule has 0 fully saturated rings. The second-order valence-corrected chi connectivity index (χ2v) is 2.92. The Morgan fingerprint density at radius 1 is 1.30 bits per heavy atom. The number of ether oxygens (including phenoxy) is 1. The number of nitrogens with zero attached hydrogens (tertiary/aromatic N) is 3. The molecule has 1 rings (SSSR count). The van der Waals surface area contributed by atoms with Crippen LogP contribution in [-0.2, 0) is 4.79 Å². The van der Waals surface area contributed by atoms with Gasteiger partial charge in [0.25, 0.3) is 0 Å². The average Bonchev–Trinajstić information content (AvgIpc) is 2.39. The lowest BCUT2D eigenvalue weighted by Crippen LogP contribution is -2.18. The summed E-state index contributed by atoms with van der Waals surface area (Å²) in [6.07, 6.45) is -3.63. The minimum absolute atomic E-state index is 0.173. The third-order valence-electron chi connectivity index (χ3n) is 1.56. The molecule has 20 heavy (non-hydrogen) atoms. The molecule has 0 radical (unpaired) electrons. The molecular formula is C11H7F3N4O2. The summed E-state index contributed by atoms with van der Waals surface area (Å²) in [6, 6.07) is 7.81. The van der Waals surface area contributed by atoms with E-state index in [0.717, 1.165) is 18.4 Å². The van der Waals surface area contributed by atoms with Crippen molar-refractivity contribution >= 4 is 12.0 Å². The molecule has 9 heteroatoms. The Morgan fingerprint density at radius 3 is 2.25 bits per heavy atom. The summed E-state index contributed by atoms with van der Waals surface area (Å²) in [5.74, 6) is 3.45. The quantitative estimate of drug-likeness (QED) is 0.382. The molecule has 6 nitrogen and oxygen atoms in total. The van der Waals surface area contributed by atoms with Gasteiger partial charge >= 0.3 is 12.1 Å². The van der Waals surface area contributed by atoms with E-state index in [1.807, 2.05) is 0 Å². The van der Waals surface area contributed by atoms with Gasteiger partial charge in [-0.2, -0.15) is 15.6 Å². The molecule has 104 valence electrons. The summed E-state index contributed by atoms with van der Waals surface area (Å²) in [7, 11) is 0. The average molecular weight is 284 g/mol. The van der Waals surface area contributed by atoms with Crippen molar-refractivity contribution in [1.82, 2.24) is 0 Å². The summed E-state index contributed by atoms with van der Waals surface area (Å²) >= 11 is 0. The number of rotatable bonds is 2. The van der Waals surface area contributed by atoms with Crippen LogP contribution in [0.5, 0.6) is 5.75 Å². The summed E-state index contributed by atoms with van der Waals surface area (Å²) in [5.41, 5.74) is 0.173. The van der Waals surface area contributed by atoms with E-state index in [1.54, 1.807) is 6.07 Å². The molecule has 2 N–H and O–H groups in total. The van der Waals surface area contributed by atoms with Crippen LogP contribution >= 0.6 is 0 Å². The number of alkyl halides is 3. The van der Waals surface area contributed by atoms with Gasteiger partial charge in [-0.25, -0.2) is 0 Å². The molecule has 0 amide bonds. The predicted octanol–water partition coefficient (Wildman–Crippen LogP) is 1.48. The van der Waals surface area contributed by atoms with E-state index in [-0.39, 0.29) is 11.3 Å². The molecule has 0 aromatic heterocycles. The van der Waals surface area contributed by atoms with Gasteiger partial charge in [-0.1, -0.05) is 12.1 Å². The zero-order valence-electron chi connectivity index (χ0n) is 9.76. The van der Waals surface area contributed by atoms with Crippen LogP contribution in [0.15, 0.2) is 29.4 Å². The van der Waals surface area contributed by atoms with E-state index in [4.69, 9.17) is 16.4 Å². The summed E-state index contributed by atoms with van der Waals surface area (Å²) in [6.45, 7) is 0. The van der Waals surface area contributed by atoms with Gasteiger partial charge in [0, 0.05) is 5.56 Å². The molecule has 0 spiro atoms. The fourth-order valence-electron chi connectivity index (χ4n) is 0.910. The van der Waals surface area contributed by atoms with Crippen molar-refractivity contribution in [3.05, 3.63) is 29.8 Å². The van der Waals surface area contributed by atoms with E-state index in [2.05, 4.69) is 9.84 Å². The first-order valence-electron chi connectivity index (χ1n) is 4.76. The van der Waals surface area contributed by atoms with E-state index in [1.165, 1.54) is 18.2 Å². The number of hydrazone groups is 1. The zero-order valence-corrected chi connectivity index (χ0v) is 9.76. The standard InChI is InChI=1S/C8H7F3N2O.C3N2O/c9-8(10,11)14-7-4-2-1-3-6(7)5-13-12;4-1-3(6)2-5/h1-5H,12H2;. The van der Waals surface area contributed by atoms with Gasteiger partial charge in [0.05, 0.1) is 6.21 Å². The predicted molar refractivity (Wildman–Crippen MR) is 61.1 cm³/mol. The Morgan fingerprint density at radius 2 is 1.85 bits per heavy atom. The van der Waals surface area contributed by atoms with Crippen LogP contribution in [-0.4, -0.2) is 18.4 Å². The number of ketones is 1. The Balaban J connectivity index is 0.000000511. The number of hydrogen-bond acceptors (Lipinski definition) is 6. The van der Waals surface area contributed by atoms with Crippen molar-refractivity contribution in [3.63, 3.8) is 0 Å². The minimum Gasteiger partial charge on any atom is -0.405 e. The maximum absolute atomic E-state index is 11.9. The highest BCUT2D eigenvalue weighted by Crippen LogP contribution is 2.24. The monoisotopic (exact) mass is 284 g/mol. The molecule has 0 aliphatic carbocycles. The topological polar surface area (TPSA) is 112 Å². The molecule has 0 saturated heterocycles. The number of carbonyl (C=O) groups excluding carboxylic acids is 1. The smallest absolute Gasteiger partial charge is 0.405 e. The van der Waals surface area contributed by atoms with Crippen molar-refractivity contribution in [3.8, 4) is 17.9 Å². The lowest BCUT2D eigenvalue weighted by molar-refractivity contribution is -0.274. The van der Waals surface area contributed by atoms with Gasteiger partial charge in [-0.15, -0.1) is 13.2 Å². The van der Waals surface area contributed by atoms with Crippen molar-refractivity contribution in [1.29, 1.82) is 10.5 Å². The number of halogens is 3. The summed E-state index contributed by atoms with van der Waals surface area (Å²) in [5, 5.41) is 18.1. The van der Waals surface area contributed by atoms with Gasteiger partial charge in [0.1, 0.15) is 5.75 Å². The van der Waals surface area contributed by atoms with Gasteiger partial charge in [-0.05, 0) is 12.1 Å². The van der Waals surface area contributed by atoms with E-state index in [9.17, 15) is 18.0 Å². The second kappa shape index (κ2) is 8.11. The molecule has 0 aliphatic heterocycles. The number of nitrogens with two attached hydrogens (primary N) is 1. The van der Waals surface area contributed by atoms with Crippen LogP contribution in [0.25, 0.3) is 0 Å².